The van der Waals surface area contributed by atoms with Gasteiger partial charge in [0.2, 0.25) is 0 Å². The standard InChI is InChI=1S/C17H19N5O2S/c1-11-15(19-17(25-11)12-6-5-9-24-12)16(23)18-10-14-21-20-13-7-3-2-4-8-22(13)14/h5-6,9H,2-4,7-8,10H2,1H3,(H,18,23). The minimum Gasteiger partial charge on any atom is -0.462 e. The summed E-state index contributed by atoms with van der Waals surface area (Å²) in [6.45, 7) is 3.17. The number of thiazole rings is 1. The van der Waals surface area contributed by atoms with Gasteiger partial charge in [-0.2, -0.15) is 0 Å². The van der Waals surface area contributed by atoms with E-state index in [0.29, 0.717) is 23.0 Å². The topological polar surface area (TPSA) is 85.8 Å². The lowest BCUT2D eigenvalue weighted by atomic mass is 10.2. The summed E-state index contributed by atoms with van der Waals surface area (Å²) in [6.07, 6.45) is 6.05. The van der Waals surface area contributed by atoms with E-state index in [9.17, 15) is 4.79 Å². The van der Waals surface area contributed by atoms with Gasteiger partial charge in [0.25, 0.3) is 5.91 Å². The van der Waals surface area contributed by atoms with Crippen LogP contribution in [0.4, 0.5) is 0 Å². The fourth-order valence-corrected chi connectivity index (χ4v) is 3.91. The summed E-state index contributed by atoms with van der Waals surface area (Å²) in [5, 5.41) is 12.1. The minimum atomic E-state index is -0.197. The lowest BCUT2D eigenvalue weighted by Crippen LogP contribution is -2.25. The summed E-state index contributed by atoms with van der Waals surface area (Å²) in [5.74, 6) is 2.31. The van der Waals surface area contributed by atoms with Gasteiger partial charge in [0, 0.05) is 17.8 Å². The third-order valence-electron chi connectivity index (χ3n) is 4.34. The normalized spacial score (nSPS) is 14.1. The molecule has 4 heterocycles. The molecule has 1 aliphatic heterocycles. The quantitative estimate of drug-likeness (QED) is 0.776. The van der Waals surface area contributed by atoms with Gasteiger partial charge in [-0.05, 0) is 31.9 Å². The van der Waals surface area contributed by atoms with Gasteiger partial charge in [0.05, 0.1) is 12.8 Å². The SMILES string of the molecule is Cc1sc(-c2ccco2)nc1C(=O)NCc1nnc2n1CCCCC2. The van der Waals surface area contributed by atoms with Crippen molar-refractivity contribution in [2.75, 3.05) is 0 Å². The highest BCUT2D eigenvalue weighted by molar-refractivity contribution is 7.15. The Bertz CT molecular complexity index is 881. The molecule has 7 nitrogen and oxygen atoms in total. The van der Waals surface area contributed by atoms with Crippen LogP contribution in [0.1, 0.15) is 46.3 Å². The molecule has 3 aromatic rings. The molecular formula is C17H19N5O2S. The number of hydrogen-bond donors (Lipinski definition) is 1. The summed E-state index contributed by atoms with van der Waals surface area (Å²) in [4.78, 5) is 17.8. The molecule has 1 N–H and O–H groups in total. The predicted octanol–water partition coefficient (Wildman–Crippen LogP) is 2.96. The van der Waals surface area contributed by atoms with E-state index in [2.05, 4.69) is 25.1 Å². The molecule has 0 saturated carbocycles. The first-order chi connectivity index (χ1) is 12.2. The third-order valence-corrected chi connectivity index (χ3v) is 5.32. The predicted molar refractivity (Wildman–Crippen MR) is 93.3 cm³/mol. The monoisotopic (exact) mass is 357 g/mol. The third kappa shape index (κ3) is 3.21. The van der Waals surface area contributed by atoms with Crippen molar-refractivity contribution in [1.82, 2.24) is 25.1 Å². The Morgan fingerprint density at radius 1 is 1.36 bits per heavy atom. The van der Waals surface area contributed by atoms with Crippen molar-refractivity contribution in [2.45, 2.75) is 45.7 Å². The van der Waals surface area contributed by atoms with E-state index >= 15 is 0 Å². The second-order valence-electron chi connectivity index (χ2n) is 6.08. The lowest BCUT2D eigenvalue weighted by molar-refractivity contribution is 0.0944. The van der Waals surface area contributed by atoms with Crippen molar-refractivity contribution in [2.24, 2.45) is 0 Å². The maximum atomic E-state index is 12.5. The van der Waals surface area contributed by atoms with Crippen molar-refractivity contribution in [3.05, 3.63) is 40.6 Å². The van der Waals surface area contributed by atoms with Crippen LogP contribution in [0, 0.1) is 6.92 Å². The molecule has 0 saturated heterocycles. The fraction of sp³-hybridized carbons (Fsp3) is 0.412. The zero-order chi connectivity index (χ0) is 17.2. The molecule has 0 radical (unpaired) electrons. The van der Waals surface area contributed by atoms with Crippen molar-refractivity contribution < 1.29 is 9.21 Å². The number of carbonyl (C=O) groups is 1. The Morgan fingerprint density at radius 3 is 3.12 bits per heavy atom. The molecule has 25 heavy (non-hydrogen) atoms. The number of aryl methyl sites for hydroxylation is 2. The Balaban J connectivity index is 1.47. The van der Waals surface area contributed by atoms with Crippen molar-refractivity contribution in [3.63, 3.8) is 0 Å². The molecular weight excluding hydrogens is 338 g/mol. The molecule has 0 aromatic carbocycles. The van der Waals surface area contributed by atoms with Crippen LogP contribution in [0.5, 0.6) is 0 Å². The highest BCUT2D eigenvalue weighted by atomic mass is 32.1. The van der Waals surface area contributed by atoms with E-state index in [1.54, 1.807) is 6.26 Å². The average Bonchev–Trinajstić information content (AvgIpc) is 3.31. The number of fused-ring (bicyclic) bond motifs is 1. The van der Waals surface area contributed by atoms with Gasteiger partial charge in [-0.1, -0.05) is 6.42 Å². The van der Waals surface area contributed by atoms with Gasteiger partial charge in [-0.25, -0.2) is 4.98 Å². The summed E-state index contributed by atoms with van der Waals surface area (Å²) >= 11 is 1.45. The fourth-order valence-electron chi connectivity index (χ4n) is 3.03. The van der Waals surface area contributed by atoms with Crippen molar-refractivity contribution in [1.29, 1.82) is 0 Å². The summed E-state index contributed by atoms with van der Waals surface area (Å²) in [6, 6.07) is 3.65. The number of amides is 1. The first-order valence-corrected chi connectivity index (χ1v) is 9.24. The van der Waals surface area contributed by atoms with E-state index in [-0.39, 0.29) is 5.91 Å². The molecule has 1 aliphatic rings. The first kappa shape index (κ1) is 16.0. The van der Waals surface area contributed by atoms with Crippen LogP contribution in [0.25, 0.3) is 10.8 Å². The smallest absolute Gasteiger partial charge is 0.271 e. The number of aromatic nitrogens is 4. The van der Waals surface area contributed by atoms with E-state index in [1.807, 2.05) is 19.1 Å². The van der Waals surface area contributed by atoms with E-state index in [4.69, 9.17) is 4.42 Å². The molecule has 8 heteroatoms. The molecule has 130 valence electrons. The van der Waals surface area contributed by atoms with E-state index in [1.165, 1.54) is 17.8 Å². The Labute approximate surface area is 149 Å². The van der Waals surface area contributed by atoms with Crippen LogP contribution < -0.4 is 5.32 Å². The lowest BCUT2D eigenvalue weighted by Gasteiger charge is -2.07. The molecule has 0 unspecified atom stereocenters. The Hall–Kier alpha value is -2.48. The average molecular weight is 357 g/mol. The Morgan fingerprint density at radius 2 is 2.28 bits per heavy atom. The number of furan rings is 1. The molecule has 1 amide bonds. The van der Waals surface area contributed by atoms with Crippen LogP contribution >= 0.6 is 11.3 Å². The molecule has 0 spiro atoms. The van der Waals surface area contributed by atoms with Crippen LogP contribution in [0.15, 0.2) is 22.8 Å². The van der Waals surface area contributed by atoms with Crippen LogP contribution in [0.2, 0.25) is 0 Å². The zero-order valence-corrected chi connectivity index (χ0v) is 14.8. The van der Waals surface area contributed by atoms with Gasteiger partial charge >= 0.3 is 0 Å². The van der Waals surface area contributed by atoms with Crippen LogP contribution in [0.3, 0.4) is 0 Å². The summed E-state index contributed by atoms with van der Waals surface area (Å²) in [7, 11) is 0. The van der Waals surface area contributed by atoms with Crippen LogP contribution in [-0.2, 0) is 19.5 Å². The number of nitrogens with zero attached hydrogens (tertiary/aromatic N) is 4. The summed E-state index contributed by atoms with van der Waals surface area (Å²) in [5.41, 5.74) is 0.437. The second-order valence-corrected chi connectivity index (χ2v) is 7.28. The van der Waals surface area contributed by atoms with Gasteiger partial charge < -0.3 is 14.3 Å². The molecule has 4 rings (SSSR count). The number of nitrogens with one attached hydrogen (secondary N) is 1. The Kier molecular flexibility index (Phi) is 4.35. The molecule has 0 bridgehead atoms. The molecule has 0 atom stereocenters. The highest BCUT2D eigenvalue weighted by Crippen LogP contribution is 2.27. The molecule has 3 aromatic heterocycles. The maximum Gasteiger partial charge on any atom is 0.271 e. The van der Waals surface area contributed by atoms with E-state index < -0.39 is 0 Å². The van der Waals surface area contributed by atoms with Gasteiger partial charge in [-0.3, -0.25) is 4.79 Å². The van der Waals surface area contributed by atoms with Gasteiger partial charge in [0.1, 0.15) is 11.5 Å². The zero-order valence-electron chi connectivity index (χ0n) is 14.0. The summed E-state index contributed by atoms with van der Waals surface area (Å²) < 4.78 is 7.49. The molecule has 0 fully saturated rings. The number of hydrogen-bond acceptors (Lipinski definition) is 6. The highest BCUT2D eigenvalue weighted by Gasteiger charge is 2.19. The first-order valence-electron chi connectivity index (χ1n) is 8.43. The largest absolute Gasteiger partial charge is 0.462 e. The molecule has 0 aliphatic carbocycles. The van der Waals surface area contributed by atoms with Crippen LogP contribution in [-0.4, -0.2) is 25.7 Å². The van der Waals surface area contributed by atoms with Gasteiger partial charge in [0.15, 0.2) is 16.6 Å². The number of rotatable bonds is 4. The van der Waals surface area contributed by atoms with E-state index in [0.717, 1.165) is 42.3 Å². The van der Waals surface area contributed by atoms with Crippen molar-refractivity contribution in [3.8, 4) is 10.8 Å². The number of carbonyl (C=O) groups excluding carboxylic acids is 1. The second kappa shape index (κ2) is 6.79. The minimum absolute atomic E-state index is 0.197. The van der Waals surface area contributed by atoms with Crippen molar-refractivity contribution >= 4 is 17.2 Å². The maximum absolute atomic E-state index is 12.5. The van der Waals surface area contributed by atoms with Gasteiger partial charge in [-0.15, -0.1) is 21.5 Å².